The van der Waals surface area contributed by atoms with Crippen LogP contribution in [0.4, 0.5) is 13.2 Å². The van der Waals surface area contributed by atoms with Crippen molar-refractivity contribution in [3.8, 4) is 0 Å². The van der Waals surface area contributed by atoms with Gasteiger partial charge in [-0.2, -0.15) is 13.2 Å². The van der Waals surface area contributed by atoms with Crippen molar-refractivity contribution in [2.75, 3.05) is 7.05 Å². The molecule has 0 radical (unpaired) electrons. The molecule has 1 aromatic rings. The summed E-state index contributed by atoms with van der Waals surface area (Å²) in [6, 6.07) is 1.66. The van der Waals surface area contributed by atoms with Gasteiger partial charge in [0.1, 0.15) is 12.2 Å². The van der Waals surface area contributed by atoms with Gasteiger partial charge in [-0.25, -0.2) is 9.97 Å². The molecule has 6 heteroatoms. The van der Waals surface area contributed by atoms with Crippen molar-refractivity contribution in [1.29, 1.82) is 0 Å². The van der Waals surface area contributed by atoms with Crippen LogP contribution in [0.3, 0.4) is 0 Å². The SMILES string of the molecule is CNCc1cc(C)nc(CC(F)(F)F)n1. The van der Waals surface area contributed by atoms with E-state index in [-0.39, 0.29) is 5.82 Å². The third-order valence-corrected chi connectivity index (χ3v) is 1.67. The Bertz CT molecular complexity index is 336. The topological polar surface area (TPSA) is 37.8 Å². The van der Waals surface area contributed by atoms with Crippen LogP contribution in [0.15, 0.2) is 6.07 Å². The largest absolute Gasteiger partial charge is 0.396 e. The number of halogens is 3. The maximum atomic E-state index is 12.1. The molecule has 1 N–H and O–H groups in total. The molecule has 0 amide bonds. The molecular weight excluding hydrogens is 207 g/mol. The minimum Gasteiger partial charge on any atom is -0.314 e. The van der Waals surface area contributed by atoms with E-state index in [0.29, 0.717) is 17.9 Å². The Hall–Kier alpha value is -1.17. The summed E-state index contributed by atoms with van der Waals surface area (Å²) in [6.07, 6.45) is -5.34. The van der Waals surface area contributed by atoms with Crippen LogP contribution in [-0.4, -0.2) is 23.2 Å². The number of aromatic nitrogens is 2. The lowest BCUT2D eigenvalue weighted by atomic mass is 10.3. The Morgan fingerprint density at radius 1 is 1.33 bits per heavy atom. The highest BCUT2D eigenvalue weighted by Gasteiger charge is 2.29. The standard InChI is InChI=1S/C9H12F3N3/c1-6-3-7(5-13-2)15-8(14-6)4-9(10,11)12/h3,13H,4-5H2,1-2H3. The van der Waals surface area contributed by atoms with Crippen LogP contribution in [0.25, 0.3) is 0 Å². The molecule has 0 aliphatic heterocycles. The fourth-order valence-electron chi connectivity index (χ4n) is 1.23. The molecule has 0 bridgehead atoms. The minimum atomic E-state index is -4.26. The Labute approximate surface area is 85.7 Å². The van der Waals surface area contributed by atoms with Gasteiger partial charge in [-0.15, -0.1) is 0 Å². The summed E-state index contributed by atoms with van der Waals surface area (Å²) >= 11 is 0. The summed E-state index contributed by atoms with van der Waals surface area (Å²) in [5.41, 5.74) is 1.12. The Morgan fingerprint density at radius 3 is 2.53 bits per heavy atom. The maximum absolute atomic E-state index is 12.1. The maximum Gasteiger partial charge on any atom is 0.396 e. The van der Waals surface area contributed by atoms with Crippen molar-refractivity contribution in [3.05, 3.63) is 23.3 Å². The molecule has 0 fully saturated rings. The summed E-state index contributed by atoms with van der Waals surface area (Å²) in [5, 5.41) is 2.83. The monoisotopic (exact) mass is 219 g/mol. The molecule has 0 aromatic carbocycles. The number of hydrogen-bond acceptors (Lipinski definition) is 3. The molecule has 0 unspecified atom stereocenters. The van der Waals surface area contributed by atoms with Gasteiger partial charge in [0.25, 0.3) is 0 Å². The minimum absolute atomic E-state index is 0.173. The average Bonchev–Trinajstić information content (AvgIpc) is 1.99. The summed E-state index contributed by atoms with van der Waals surface area (Å²) in [6.45, 7) is 2.09. The van der Waals surface area contributed by atoms with Crippen molar-refractivity contribution in [1.82, 2.24) is 15.3 Å². The first-order valence-corrected chi connectivity index (χ1v) is 4.45. The number of nitrogens with one attached hydrogen (secondary N) is 1. The molecule has 0 aliphatic rings. The van der Waals surface area contributed by atoms with E-state index in [2.05, 4.69) is 15.3 Å². The molecule has 3 nitrogen and oxygen atoms in total. The van der Waals surface area contributed by atoms with Gasteiger partial charge in [0, 0.05) is 12.2 Å². The van der Waals surface area contributed by atoms with Gasteiger partial charge < -0.3 is 5.32 Å². The fraction of sp³-hybridized carbons (Fsp3) is 0.556. The number of aryl methyl sites for hydroxylation is 1. The highest BCUT2D eigenvalue weighted by Crippen LogP contribution is 2.19. The molecule has 1 heterocycles. The van der Waals surface area contributed by atoms with Crippen molar-refractivity contribution in [3.63, 3.8) is 0 Å². The lowest BCUT2D eigenvalue weighted by molar-refractivity contribution is -0.128. The van der Waals surface area contributed by atoms with Crippen LogP contribution in [0.1, 0.15) is 17.2 Å². The number of nitrogens with zero attached hydrogens (tertiary/aromatic N) is 2. The Balaban J connectivity index is 2.88. The van der Waals surface area contributed by atoms with E-state index >= 15 is 0 Å². The summed E-state index contributed by atoms with van der Waals surface area (Å²) in [7, 11) is 1.71. The van der Waals surface area contributed by atoms with Gasteiger partial charge in [-0.3, -0.25) is 0 Å². The first-order valence-electron chi connectivity index (χ1n) is 4.45. The third kappa shape index (κ3) is 4.24. The van der Waals surface area contributed by atoms with E-state index in [9.17, 15) is 13.2 Å². The van der Waals surface area contributed by atoms with E-state index in [1.54, 1.807) is 20.0 Å². The molecule has 0 saturated heterocycles. The Kier molecular flexibility index (Phi) is 3.62. The van der Waals surface area contributed by atoms with Gasteiger partial charge in [0.15, 0.2) is 0 Å². The van der Waals surface area contributed by atoms with Gasteiger partial charge in [0.05, 0.1) is 5.69 Å². The van der Waals surface area contributed by atoms with Crippen LogP contribution in [0.5, 0.6) is 0 Å². The number of alkyl halides is 3. The highest BCUT2D eigenvalue weighted by atomic mass is 19.4. The molecule has 15 heavy (non-hydrogen) atoms. The normalized spacial score (nSPS) is 11.8. The quantitative estimate of drug-likeness (QED) is 0.839. The van der Waals surface area contributed by atoms with E-state index in [1.807, 2.05) is 0 Å². The van der Waals surface area contributed by atoms with Crippen LogP contribution < -0.4 is 5.32 Å². The Morgan fingerprint density at radius 2 is 2.00 bits per heavy atom. The molecule has 1 rings (SSSR count). The molecule has 84 valence electrons. The lowest BCUT2D eigenvalue weighted by Crippen LogP contribution is -2.16. The van der Waals surface area contributed by atoms with Crippen molar-refractivity contribution in [2.45, 2.75) is 26.1 Å². The zero-order valence-corrected chi connectivity index (χ0v) is 8.52. The van der Waals surface area contributed by atoms with Gasteiger partial charge >= 0.3 is 6.18 Å². The van der Waals surface area contributed by atoms with E-state index < -0.39 is 12.6 Å². The molecule has 0 atom stereocenters. The lowest BCUT2D eigenvalue weighted by Gasteiger charge is -2.07. The second-order valence-electron chi connectivity index (χ2n) is 3.24. The second-order valence-corrected chi connectivity index (χ2v) is 3.24. The van der Waals surface area contributed by atoms with Crippen molar-refractivity contribution in [2.24, 2.45) is 0 Å². The number of hydrogen-bond donors (Lipinski definition) is 1. The van der Waals surface area contributed by atoms with Gasteiger partial charge in [-0.05, 0) is 20.0 Å². The molecule has 0 aliphatic carbocycles. The second kappa shape index (κ2) is 4.57. The molecule has 0 saturated carbocycles. The van der Waals surface area contributed by atoms with Crippen LogP contribution in [0, 0.1) is 6.92 Å². The van der Waals surface area contributed by atoms with Crippen LogP contribution in [0.2, 0.25) is 0 Å². The zero-order chi connectivity index (χ0) is 11.5. The highest BCUT2D eigenvalue weighted by molar-refractivity contribution is 5.10. The summed E-state index contributed by atoms with van der Waals surface area (Å²) < 4.78 is 36.3. The molecular formula is C9H12F3N3. The smallest absolute Gasteiger partial charge is 0.314 e. The summed E-state index contributed by atoms with van der Waals surface area (Å²) in [5.74, 6) is -0.173. The van der Waals surface area contributed by atoms with E-state index in [0.717, 1.165) is 0 Å². The average molecular weight is 219 g/mol. The summed E-state index contributed by atoms with van der Waals surface area (Å²) in [4.78, 5) is 7.56. The van der Waals surface area contributed by atoms with Gasteiger partial charge in [-0.1, -0.05) is 0 Å². The third-order valence-electron chi connectivity index (χ3n) is 1.67. The van der Waals surface area contributed by atoms with Crippen molar-refractivity contribution < 1.29 is 13.2 Å². The molecule has 1 aromatic heterocycles. The van der Waals surface area contributed by atoms with Crippen LogP contribution in [-0.2, 0) is 13.0 Å². The van der Waals surface area contributed by atoms with Crippen molar-refractivity contribution >= 4 is 0 Å². The van der Waals surface area contributed by atoms with E-state index in [1.165, 1.54) is 0 Å². The first-order chi connectivity index (χ1) is 6.90. The number of rotatable bonds is 3. The predicted octanol–water partition coefficient (Wildman–Crippen LogP) is 1.61. The van der Waals surface area contributed by atoms with E-state index in [4.69, 9.17) is 0 Å². The van der Waals surface area contributed by atoms with Crippen LogP contribution >= 0.6 is 0 Å². The van der Waals surface area contributed by atoms with Gasteiger partial charge in [0.2, 0.25) is 0 Å². The first kappa shape index (κ1) is 11.9. The fourth-order valence-corrected chi connectivity index (χ4v) is 1.23. The predicted molar refractivity (Wildman–Crippen MR) is 49.3 cm³/mol. The zero-order valence-electron chi connectivity index (χ0n) is 8.52. The molecule has 0 spiro atoms.